The summed E-state index contributed by atoms with van der Waals surface area (Å²) in [7, 11) is 0. The van der Waals surface area contributed by atoms with Gasteiger partial charge in [0.15, 0.2) is 0 Å². The summed E-state index contributed by atoms with van der Waals surface area (Å²) < 4.78 is 0. The van der Waals surface area contributed by atoms with Gasteiger partial charge in [-0.3, -0.25) is 38.6 Å². The largest absolute Gasteiger partial charge is 0.480 e. The van der Waals surface area contributed by atoms with Gasteiger partial charge in [-0.25, -0.2) is 0 Å². The van der Waals surface area contributed by atoms with Gasteiger partial charge in [0.25, 0.3) is 23.6 Å². The zero-order chi connectivity index (χ0) is 18.6. The van der Waals surface area contributed by atoms with E-state index >= 15 is 0 Å². The number of hydrogen-bond donors (Lipinski definition) is 2. The molecule has 0 atom stereocenters. The summed E-state index contributed by atoms with van der Waals surface area (Å²) in [6.45, 7) is 1.82. The zero-order valence-corrected chi connectivity index (χ0v) is 16.5. The maximum absolute atomic E-state index is 11.0. The van der Waals surface area contributed by atoms with E-state index in [1.165, 1.54) is 13.8 Å². The summed E-state index contributed by atoms with van der Waals surface area (Å²) >= 11 is 0. The monoisotopic (exact) mass is 402 g/mol. The number of nitrogens with zero attached hydrogens (tertiary/aromatic N) is 2. The number of carboxylic acid groups (broad SMARTS) is 2. The molecule has 0 spiro atoms. The summed E-state index contributed by atoms with van der Waals surface area (Å²) in [6, 6.07) is 0. The van der Waals surface area contributed by atoms with E-state index in [-0.39, 0.29) is 30.6 Å². The van der Waals surface area contributed by atoms with Crippen LogP contribution >= 0.6 is 0 Å². The number of carbonyl (C=O) groups is 6. The van der Waals surface area contributed by atoms with Gasteiger partial charge in [-0.2, -0.15) is 0 Å². The number of carboxylic acids is 2. The summed E-state index contributed by atoms with van der Waals surface area (Å²) in [5.74, 6) is -4.55. The number of rotatable bonds is 4. The predicted octanol–water partition coefficient (Wildman–Crippen LogP) is -1.23. The maximum Gasteiger partial charge on any atom is 0.323 e. The topological polar surface area (TPSA) is 149 Å². The number of aliphatic carboxylic acids is 2. The van der Waals surface area contributed by atoms with Crippen molar-refractivity contribution in [2.75, 3.05) is 13.1 Å². The van der Waals surface area contributed by atoms with E-state index in [0.717, 1.165) is 12.2 Å². The molecule has 0 aromatic heterocycles. The third-order valence-corrected chi connectivity index (χ3v) is 2.96. The Labute approximate surface area is 154 Å². The Morgan fingerprint density at radius 3 is 1.24 bits per heavy atom. The van der Waals surface area contributed by atoms with E-state index in [2.05, 4.69) is 0 Å². The second kappa shape index (κ2) is 8.98. The molecule has 0 aromatic rings. The van der Waals surface area contributed by atoms with E-state index in [1.54, 1.807) is 0 Å². The first-order chi connectivity index (χ1) is 11.0. The van der Waals surface area contributed by atoms with Crippen LogP contribution in [0.15, 0.2) is 23.3 Å². The minimum atomic E-state index is -1.19. The molecule has 11 heteroatoms. The molecule has 0 saturated heterocycles. The SMILES string of the molecule is CC1=CC(=O)N(CC(=O)O)C1=O.CC1=CC(=O)N(CC(=O)O)C1=O.[Zn]. The van der Waals surface area contributed by atoms with E-state index in [4.69, 9.17) is 10.2 Å². The molecule has 0 radical (unpaired) electrons. The minimum absolute atomic E-state index is 0. The molecule has 2 N–H and O–H groups in total. The molecule has 0 aromatic carbocycles. The Morgan fingerprint density at radius 1 is 0.800 bits per heavy atom. The van der Waals surface area contributed by atoms with Crippen LogP contribution in [0.4, 0.5) is 0 Å². The fraction of sp³-hybridized carbons (Fsp3) is 0.286. The average Bonchev–Trinajstić information content (AvgIpc) is 2.83. The second-order valence-electron chi connectivity index (χ2n) is 4.90. The van der Waals surface area contributed by atoms with Gasteiger partial charge in [0, 0.05) is 42.8 Å². The molecule has 2 rings (SSSR count). The Morgan fingerprint density at radius 2 is 1.08 bits per heavy atom. The van der Waals surface area contributed by atoms with Crippen LogP contribution in [0.5, 0.6) is 0 Å². The molecule has 2 aliphatic heterocycles. The fourth-order valence-electron chi connectivity index (χ4n) is 1.85. The van der Waals surface area contributed by atoms with Gasteiger partial charge >= 0.3 is 11.9 Å². The first kappa shape index (κ1) is 22.3. The molecule has 130 valence electrons. The summed E-state index contributed by atoms with van der Waals surface area (Å²) in [6.07, 6.45) is 2.26. The van der Waals surface area contributed by atoms with Crippen LogP contribution in [0.2, 0.25) is 0 Å². The minimum Gasteiger partial charge on any atom is -0.480 e. The van der Waals surface area contributed by atoms with Crippen LogP contribution in [0.1, 0.15) is 13.8 Å². The number of carbonyl (C=O) groups excluding carboxylic acids is 4. The standard InChI is InChI=1S/2C7H7NO4.Zn/c2*1-4-2-5(9)8(7(4)12)3-6(10)11;/h2*2H,3H2,1H3,(H,10,11);. The third-order valence-electron chi connectivity index (χ3n) is 2.96. The summed E-state index contributed by atoms with van der Waals surface area (Å²) in [4.78, 5) is 65.6. The average molecular weight is 404 g/mol. The van der Waals surface area contributed by atoms with Crippen molar-refractivity contribution in [3.8, 4) is 0 Å². The number of hydrogen-bond acceptors (Lipinski definition) is 6. The number of amides is 4. The van der Waals surface area contributed by atoms with Crippen molar-refractivity contribution in [3.63, 3.8) is 0 Å². The smallest absolute Gasteiger partial charge is 0.323 e. The van der Waals surface area contributed by atoms with Gasteiger partial charge in [0.05, 0.1) is 0 Å². The zero-order valence-electron chi connectivity index (χ0n) is 13.5. The molecule has 2 heterocycles. The van der Waals surface area contributed by atoms with Crippen LogP contribution in [-0.4, -0.2) is 68.7 Å². The molecule has 2 aliphatic rings. The van der Waals surface area contributed by atoms with Crippen molar-refractivity contribution in [2.24, 2.45) is 0 Å². The van der Waals surface area contributed by atoms with Gasteiger partial charge in [0.1, 0.15) is 13.1 Å². The maximum atomic E-state index is 11.0. The van der Waals surface area contributed by atoms with Crippen molar-refractivity contribution in [3.05, 3.63) is 23.3 Å². The number of imide groups is 2. The summed E-state index contributed by atoms with van der Waals surface area (Å²) in [5, 5.41) is 16.7. The van der Waals surface area contributed by atoms with Crippen molar-refractivity contribution in [1.82, 2.24) is 9.80 Å². The molecule has 4 amide bonds. The van der Waals surface area contributed by atoms with E-state index in [1.807, 2.05) is 0 Å². The predicted molar refractivity (Wildman–Crippen MR) is 76.2 cm³/mol. The normalized spacial score (nSPS) is 16.1. The molecule has 0 aliphatic carbocycles. The van der Waals surface area contributed by atoms with Crippen molar-refractivity contribution >= 4 is 35.6 Å². The molecular weight excluding hydrogens is 390 g/mol. The Bertz CT molecular complexity index is 650. The third kappa shape index (κ3) is 5.72. The fourth-order valence-corrected chi connectivity index (χ4v) is 1.85. The molecule has 25 heavy (non-hydrogen) atoms. The Balaban J connectivity index is 0.000000443. The molecule has 0 fully saturated rings. The van der Waals surface area contributed by atoms with E-state index in [9.17, 15) is 28.8 Å². The van der Waals surface area contributed by atoms with E-state index in [0.29, 0.717) is 9.80 Å². The van der Waals surface area contributed by atoms with Crippen molar-refractivity contribution in [2.45, 2.75) is 13.8 Å². The molecular formula is C14H14N2O8Zn. The van der Waals surface area contributed by atoms with Crippen LogP contribution < -0.4 is 0 Å². The van der Waals surface area contributed by atoms with Crippen molar-refractivity contribution in [1.29, 1.82) is 0 Å². The van der Waals surface area contributed by atoms with Gasteiger partial charge in [0.2, 0.25) is 0 Å². The van der Waals surface area contributed by atoms with Gasteiger partial charge < -0.3 is 10.2 Å². The van der Waals surface area contributed by atoms with Crippen LogP contribution in [-0.2, 0) is 48.2 Å². The van der Waals surface area contributed by atoms with Crippen LogP contribution in [0.3, 0.4) is 0 Å². The quantitative estimate of drug-likeness (QED) is 0.437. The van der Waals surface area contributed by atoms with Gasteiger partial charge in [-0.1, -0.05) is 0 Å². The van der Waals surface area contributed by atoms with E-state index < -0.39 is 48.7 Å². The van der Waals surface area contributed by atoms with Crippen LogP contribution in [0, 0.1) is 0 Å². The molecule has 0 unspecified atom stereocenters. The first-order valence-corrected chi connectivity index (χ1v) is 6.56. The second-order valence-corrected chi connectivity index (χ2v) is 4.90. The first-order valence-electron chi connectivity index (χ1n) is 6.56. The Kier molecular flexibility index (Phi) is 8.02. The van der Waals surface area contributed by atoms with Gasteiger partial charge in [-0.15, -0.1) is 0 Å². The Hall–Kier alpha value is -2.68. The molecule has 10 nitrogen and oxygen atoms in total. The van der Waals surface area contributed by atoms with Gasteiger partial charge in [-0.05, 0) is 13.8 Å². The summed E-state index contributed by atoms with van der Waals surface area (Å²) in [5.41, 5.74) is 0.558. The van der Waals surface area contributed by atoms with Crippen molar-refractivity contribution < 1.29 is 58.5 Å². The molecule has 0 bridgehead atoms. The molecule has 0 saturated carbocycles. The van der Waals surface area contributed by atoms with Crippen LogP contribution in [0.25, 0.3) is 0 Å².